The Balaban J connectivity index is 1.64. The summed E-state index contributed by atoms with van der Waals surface area (Å²) in [4.78, 5) is 25.3. The van der Waals surface area contributed by atoms with Crippen molar-refractivity contribution in [3.8, 4) is 0 Å². The lowest BCUT2D eigenvalue weighted by molar-refractivity contribution is -0.151. The van der Waals surface area contributed by atoms with Crippen LogP contribution in [0.1, 0.15) is 37.2 Å². The number of carbonyl (C=O) groups excluding carboxylic acids is 1. The first-order valence-corrected chi connectivity index (χ1v) is 8.07. The molecule has 1 aliphatic carbocycles. The van der Waals surface area contributed by atoms with Crippen LogP contribution in [-0.4, -0.2) is 57.7 Å². The van der Waals surface area contributed by atoms with E-state index < -0.39 is 5.60 Å². The molecule has 0 aromatic carbocycles. The third-order valence-corrected chi connectivity index (χ3v) is 4.67. The second-order valence-corrected chi connectivity index (χ2v) is 6.43. The van der Waals surface area contributed by atoms with E-state index in [1.165, 1.54) is 0 Å². The van der Waals surface area contributed by atoms with Gasteiger partial charge in [-0.25, -0.2) is 9.97 Å². The maximum absolute atomic E-state index is 12.5. The lowest BCUT2D eigenvalue weighted by Gasteiger charge is -2.38. The number of hydrogen-bond donors (Lipinski definition) is 1. The third-order valence-electron chi connectivity index (χ3n) is 4.67. The average Bonchev–Trinajstić information content (AvgIpc) is 2.94. The summed E-state index contributed by atoms with van der Waals surface area (Å²) in [5.41, 5.74) is -0.147. The van der Waals surface area contributed by atoms with Gasteiger partial charge in [0.15, 0.2) is 0 Å². The zero-order valence-corrected chi connectivity index (χ0v) is 13.4. The molecular weight excluding hydrogens is 280 g/mol. The minimum Gasteiger partial charge on any atom is -0.380 e. The molecule has 1 aliphatic heterocycles. The summed E-state index contributed by atoms with van der Waals surface area (Å²) >= 11 is 0. The van der Waals surface area contributed by atoms with Gasteiger partial charge in [-0.2, -0.15) is 0 Å². The molecule has 6 heteroatoms. The van der Waals surface area contributed by atoms with Gasteiger partial charge in [-0.1, -0.05) is 0 Å². The Labute approximate surface area is 131 Å². The van der Waals surface area contributed by atoms with Gasteiger partial charge in [0.2, 0.25) is 0 Å². The van der Waals surface area contributed by atoms with Gasteiger partial charge < -0.3 is 14.9 Å². The number of hydrogen-bond acceptors (Lipinski definition) is 5. The van der Waals surface area contributed by atoms with Gasteiger partial charge in [0, 0.05) is 37.9 Å². The fourth-order valence-corrected chi connectivity index (χ4v) is 3.47. The summed E-state index contributed by atoms with van der Waals surface area (Å²) in [7, 11) is 0. The standard InChI is InChI=1S/C16H24N4O2/c1-12-11-14(18-13(2)17-12)19-7-9-20(10-8-19)15(21)16(22)5-3-4-6-16/h11,22H,3-10H2,1-2H3. The molecule has 1 aromatic heterocycles. The monoisotopic (exact) mass is 304 g/mol. The van der Waals surface area contributed by atoms with Crippen LogP contribution < -0.4 is 4.90 Å². The lowest BCUT2D eigenvalue weighted by atomic mass is 10.00. The molecule has 6 nitrogen and oxygen atoms in total. The first-order chi connectivity index (χ1) is 10.5. The number of carbonyl (C=O) groups is 1. The van der Waals surface area contributed by atoms with Crippen molar-refractivity contribution in [2.75, 3.05) is 31.1 Å². The van der Waals surface area contributed by atoms with Gasteiger partial charge in [0.05, 0.1) is 0 Å². The van der Waals surface area contributed by atoms with Crippen LogP contribution in [0.15, 0.2) is 6.07 Å². The molecule has 1 saturated carbocycles. The number of nitrogens with zero attached hydrogens (tertiary/aromatic N) is 4. The molecule has 3 rings (SSSR count). The normalized spacial score (nSPS) is 21.2. The van der Waals surface area contributed by atoms with E-state index in [1.807, 2.05) is 24.8 Å². The average molecular weight is 304 g/mol. The van der Waals surface area contributed by atoms with Crippen molar-refractivity contribution in [1.29, 1.82) is 0 Å². The predicted octanol–water partition coefficient (Wildman–Crippen LogP) is 1.05. The SMILES string of the molecule is Cc1cc(N2CCN(C(=O)C3(O)CCCC3)CC2)nc(C)n1. The molecule has 2 aliphatic rings. The Bertz CT molecular complexity index is 541. The zero-order chi connectivity index (χ0) is 15.7. The summed E-state index contributed by atoms with van der Waals surface area (Å²) < 4.78 is 0. The minimum atomic E-state index is -1.11. The number of rotatable bonds is 2. The van der Waals surface area contributed by atoms with Crippen molar-refractivity contribution in [3.05, 3.63) is 17.6 Å². The van der Waals surface area contributed by atoms with Gasteiger partial charge in [-0.15, -0.1) is 0 Å². The van der Waals surface area contributed by atoms with Gasteiger partial charge in [0.25, 0.3) is 5.91 Å². The number of amides is 1. The fourth-order valence-electron chi connectivity index (χ4n) is 3.47. The number of piperazine rings is 1. The summed E-state index contributed by atoms with van der Waals surface area (Å²) in [6.07, 6.45) is 3.11. The Hall–Kier alpha value is -1.69. The quantitative estimate of drug-likeness (QED) is 0.884. The summed E-state index contributed by atoms with van der Waals surface area (Å²) in [5.74, 6) is 1.62. The van der Waals surface area contributed by atoms with E-state index in [0.29, 0.717) is 25.9 Å². The summed E-state index contributed by atoms with van der Waals surface area (Å²) in [5, 5.41) is 10.4. The Morgan fingerprint density at radius 1 is 1.14 bits per heavy atom. The van der Waals surface area contributed by atoms with Gasteiger partial charge in [-0.3, -0.25) is 4.79 Å². The van der Waals surface area contributed by atoms with Crippen LogP contribution in [0, 0.1) is 13.8 Å². The number of aromatic nitrogens is 2. The van der Waals surface area contributed by atoms with Crippen molar-refractivity contribution in [1.82, 2.24) is 14.9 Å². The summed E-state index contributed by atoms with van der Waals surface area (Å²) in [6.45, 7) is 6.64. The number of anilines is 1. The van der Waals surface area contributed by atoms with Crippen molar-refractivity contribution >= 4 is 11.7 Å². The topological polar surface area (TPSA) is 69.6 Å². The third kappa shape index (κ3) is 2.92. The molecule has 22 heavy (non-hydrogen) atoms. The Kier molecular flexibility index (Phi) is 4.04. The predicted molar refractivity (Wildman–Crippen MR) is 83.7 cm³/mol. The van der Waals surface area contributed by atoms with E-state index in [4.69, 9.17) is 0 Å². The number of aryl methyl sites for hydroxylation is 2. The highest BCUT2D eigenvalue weighted by atomic mass is 16.3. The van der Waals surface area contributed by atoms with Crippen LogP contribution in [0.3, 0.4) is 0 Å². The van der Waals surface area contributed by atoms with Crippen LogP contribution in [0.2, 0.25) is 0 Å². The lowest BCUT2D eigenvalue weighted by Crippen LogP contribution is -2.55. The van der Waals surface area contributed by atoms with Gasteiger partial charge in [-0.05, 0) is 39.5 Å². The molecule has 2 fully saturated rings. The minimum absolute atomic E-state index is 0.0836. The van der Waals surface area contributed by atoms with Crippen LogP contribution >= 0.6 is 0 Å². The molecule has 120 valence electrons. The largest absolute Gasteiger partial charge is 0.380 e. The van der Waals surface area contributed by atoms with E-state index >= 15 is 0 Å². The molecule has 1 saturated heterocycles. The van der Waals surface area contributed by atoms with E-state index in [2.05, 4.69) is 14.9 Å². The Morgan fingerprint density at radius 2 is 1.77 bits per heavy atom. The van der Waals surface area contributed by atoms with E-state index in [0.717, 1.165) is 43.3 Å². The van der Waals surface area contributed by atoms with Crippen LogP contribution in [0.5, 0.6) is 0 Å². The second-order valence-electron chi connectivity index (χ2n) is 6.43. The van der Waals surface area contributed by atoms with E-state index in [-0.39, 0.29) is 5.91 Å². The highest BCUT2D eigenvalue weighted by molar-refractivity contribution is 5.85. The van der Waals surface area contributed by atoms with Gasteiger partial charge >= 0.3 is 0 Å². The van der Waals surface area contributed by atoms with E-state index in [9.17, 15) is 9.90 Å². The first-order valence-electron chi connectivity index (χ1n) is 8.07. The number of aliphatic hydroxyl groups is 1. The van der Waals surface area contributed by atoms with Crippen LogP contribution in [-0.2, 0) is 4.79 Å². The molecule has 0 unspecified atom stereocenters. The zero-order valence-electron chi connectivity index (χ0n) is 13.4. The van der Waals surface area contributed by atoms with Crippen molar-refractivity contribution < 1.29 is 9.90 Å². The Morgan fingerprint density at radius 3 is 2.36 bits per heavy atom. The molecule has 1 amide bonds. The molecule has 0 bridgehead atoms. The van der Waals surface area contributed by atoms with Gasteiger partial charge in [0.1, 0.15) is 17.2 Å². The maximum Gasteiger partial charge on any atom is 0.254 e. The molecule has 0 radical (unpaired) electrons. The van der Waals surface area contributed by atoms with E-state index in [1.54, 1.807) is 0 Å². The van der Waals surface area contributed by atoms with Crippen LogP contribution in [0.25, 0.3) is 0 Å². The van der Waals surface area contributed by atoms with Crippen molar-refractivity contribution in [2.24, 2.45) is 0 Å². The van der Waals surface area contributed by atoms with Crippen molar-refractivity contribution in [2.45, 2.75) is 45.1 Å². The first kappa shape index (κ1) is 15.2. The molecular formula is C16H24N4O2. The molecule has 2 heterocycles. The maximum atomic E-state index is 12.5. The second kappa shape index (κ2) is 5.83. The van der Waals surface area contributed by atoms with Crippen LogP contribution in [0.4, 0.5) is 5.82 Å². The highest BCUT2D eigenvalue weighted by Gasteiger charge is 2.42. The molecule has 0 atom stereocenters. The summed E-state index contributed by atoms with van der Waals surface area (Å²) in [6, 6.07) is 1.98. The highest BCUT2D eigenvalue weighted by Crippen LogP contribution is 2.31. The molecule has 0 spiro atoms. The fraction of sp³-hybridized carbons (Fsp3) is 0.688. The smallest absolute Gasteiger partial charge is 0.254 e. The van der Waals surface area contributed by atoms with Crippen molar-refractivity contribution in [3.63, 3.8) is 0 Å². The molecule has 1 N–H and O–H groups in total. The molecule has 1 aromatic rings.